The van der Waals surface area contributed by atoms with Gasteiger partial charge < -0.3 is 4.90 Å². The van der Waals surface area contributed by atoms with Crippen molar-refractivity contribution in [3.63, 3.8) is 0 Å². The van der Waals surface area contributed by atoms with E-state index in [-0.39, 0.29) is 22.3 Å². The molecule has 0 amide bonds. The first-order chi connectivity index (χ1) is 35.9. The molecule has 0 atom stereocenters. The number of benzene rings is 11. The molecule has 11 aromatic carbocycles. The summed E-state index contributed by atoms with van der Waals surface area (Å²) in [6, 6.07) is 81.0. The van der Waals surface area contributed by atoms with Crippen LogP contribution in [0.4, 0.5) is 34.6 Å². The number of halogens is 4. The second-order valence-corrected chi connectivity index (χ2v) is 19.1. The maximum atomic E-state index is 17.0. The molecule has 346 valence electrons. The zero-order chi connectivity index (χ0) is 49.0. The third-order valence-corrected chi connectivity index (χ3v) is 15.6. The van der Waals surface area contributed by atoms with Gasteiger partial charge in [0, 0.05) is 39.3 Å². The predicted octanol–water partition coefficient (Wildman–Crippen LogP) is 17.8. The first-order valence-corrected chi connectivity index (χ1v) is 24.5. The summed E-state index contributed by atoms with van der Waals surface area (Å²) in [6.45, 7) is 0. The van der Waals surface area contributed by atoms with Gasteiger partial charge in [-0.15, -0.1) is 0 Å². The van der Waals surface area contributed by atoms with Crippen LogP contribution in [-0.4, -0.2) is 0 Å². The van der Waals surface area contributed by atoms with Crippen LogP contribution < -0.4 is 4.90 Å². The van der Waals surface area contributed by atoms with Crippen molar-refractivity contribution in [1.29, 1.82) is 0 Å². The van der Waals surface area contributed by atoms with Gasteiger partial charge in [-0.2, -0.15) is 0 Å². The Kier molecular flexibility index (Phi) is 9.52. The molecule has 5 heteroatoms. The number of hydrogen-bond donors (Lipinski definition) is 0. The zero-order valence-corrected chi connectivity index (χ0v) is 39.1. The number of anilines is 3. The largest absolute Gasteiger partial charge is 0.310 e. The minimum atomic E-state index is -1.46. The van der Waals surface area contributed by atoms with E-state index in [0.29, 0.717) is 33.4 Å². The second-order valence-electron chi connectivity index (χ2n) is 19.1. The molecule has 73 heavy (non-hydrogen) atoms. The molecule has 0 saturated carbocycles. The molecule has 0 aliphatic heterocycles. The van der Waals surface area contributed by atoms with Gasteiger partial charge in [0.15, 0.2) is 0 Å². The van der Waals surface area contributed by atoms with Crippen LogP contribution in [0.5, 0.6) is 0 Å². The molecule has 0 unspecified atom stereocenters. The van der Waals surface area contributed by atoms with Gasteiger partial charge in [0.25, 0.3) is 0 Å². The van der Waals surface area contributed by atoms with Gasteiger partial charge in [0.1, 0.15) is 23.3 Å². The Hall–Kier alpha value is -9.06. The first kappa shape index (κ1) is 42.8. The van der Waals surface area contributed by atoms with Crippen molar-refractivity contribution in [2.45, 2.75) is 10.8 Å². The second kappa shape index (κ2) is 16.2. The van der Waals surface area contributed by atoms with Gasteiger partial charge in [-0.05, 0) is 139 Å². The van der Waals surface area contributed by atoms with E-state index < -0.39 is 34.1 Å². The highest BCUT2D eigenvalue weighted by Gasteiger charge is 2.56. The summed E-state index contributed by atoms with van der Waals surface area (Å²) in [5.41, 5.74) is 13.0. The summed E-state index contributed by atoms with van der Waals surface area (Å²) in [5, 5.41) is 0. The summed E-state index contributed by atoms with van der Waals surface area (Å²) >= 11 is 0. The molecule has 0 saturated heterocycles. The lowest BCUT2D eigenvalue weighted by atomic mass is 9.67. The van der Waals surface area contributed by atoms with E-state index >= 15 is 17.6 Å². The highest BCUT2D eigenvalue weighted by Crippen LogP contribution is 2.66. The van der Waals surface area contributed by atoms with Gasteiger partial charge in [-0.1, -0.05) is 188 Å². The number of nitrogens with zero attached hydrogens (tertiary/aromatic N) is 1. The first-order valence-electron chi connectivity index (χ1n) is 24.5. The van der Waals surface area contributed by atoms with Crippen LogP contribution in [0, 0.1) is 23.3 Å². The SMILES string of the molecule is Fc1cccc2c1-c1c(F)cccc1C21c2cccc(F)c2-c2c(F)ccc(-c3cccc(N(c4ccc(-c5ccccc5)cc4)c4ccc5c(c4)C(c4ccccc4)(c4ccccc4)c4ccccc4-5)c3)c21. The van der Waals surface area contributed by atoms with Crippen molar-refractivity contribution in [1.82, 2.24) is 0 Å². The predicted molar refractivity (Wildman–Crippen MR) is 285 cm³/mol. The lowest BCUT2D eigenvalue weighted by molar-refractivity contribution is 0.617. The van der Waals surface area contributed by atoms with Crippen LogP contribution in [0.25, 0.3) is 55.6 Å². The van der Waals surface area contributed by atoms with Crippen molar-refractivity contribution in [3.8, 4) is 55.6 Å². The van der Waals surface area contributed by atoms with Crippen molar-refractivity contribution in [2.24, 2.45) is 0 Å². The molecular formula is C68H41F4N. The van der Waals surface area contributed by atoms with E-state index in [1.807, 2.05) is 30.3 Å². The lowest BCUT2D eigenvalue weighted by Gasteiger charge is -2.35. The van der Waals surface area contributed by atoms with Crippen LogP contribution in [0.15, 0.2) is 249 Å². The fourth-order valence-corrected chi connectivity index (χ4v) is 12.8. The van der Waals surface area contributed by atoms with Crippen LogP contribution in [-0.2, 0) is 10.8 Å². The molecule has 1 nitrogen and oxygen atoms in total. The molecule has 11 aromatic rings. The van der Waals surface area contributed by atoms with Crippen LogP contribution in [0.1, 0.15) is 44.5 Å². The fourth-order valence-electron chi connectivity index (χ4n) is 12.8. The monoisotopic (exact) mass is 947 g/mol. The van der Waals surface area contributed by atoms with E-state index in [0.717, 1.165) is 50.4 Å². The molecule has 0 aromatic heterocycles. The average Bonchev–Trinajstić information content (AvgIpc) is 4.07. The van der Waals surface area contributed by atoms with Crippen molar-refractivity contribution < 1.29 is 17.6 Å². The van der Waals surface area contributed by atoms with Crippen LogP contribution in [0.2, 0.25) is 0 Å². The minimum absolute atomic E-state index is 0.0769. The number of hydrogen-bond acceptors (Lipinski definition) is 1. The van der Waals surface area contributed by atoms with Gasteiger partial charge in [-0.25, -0.2) is 17.6 Å². The van der Waals surface area contributed by atoms with Crippen molar-refractivity contribution in [2.75, 3.05) is 4.90 Å². The molecule has 3 aliphatic rings. The third-order valence-electron chi connectivity index (χ3n) is 15.6. The minimum Gasteiger partial charge on any atom is -0.310 e. The Balaban J connectivity index is 1.02. The standard InChI is InChI=1S/C68H41F4N/c69-58-29-13-26-54-62(58)63-55(27-14-30-59(63)70)68(54)56-28-15-31-60(71)64(56)65-61(72)39-38-50(66(65)68)44-18-12-23-48(40-44)73(47-34-32-43(33-35-47)42-16-4-1-5-17-42)49-36-37-52-51-24-10-11-25-53(51)67(57(52)41-49,45-19-6-2-7-20-45)46-21-8-3-9-22-46/h1-41H. The Morgan fingerprint density at radius 2 is 0.699 bits per heavy atom. The smallest absolute Gasteiger partial charge is 0.131 e. The Morgan fingerprint density at radius 3 is 1.32 bits per heavy atom. The molecule has 0 bridgehead atoms. The number of rotatable bonds is 7. The summed E-state index contributed by atoms with van der Waals surface area (Å²) in [5.74, 6) is -2.46. The van der Waals surface area contributed by atoms with Crippen molar-refractivity contribution in [3.05, 3.63) is 316 Å². The summed E-state index contributed by atoms with van der Waals surface area (Å²) in [6.07, 6.45) is 0. The third kappa shape index (κ3) is 5.97. The Morgan fingerprint density at radius 1 is 0.260 bits per heavy atom. The highest BCUT2D eigenvalue weighted by molar-refractivity contribution is 6.00. The molecule has 14 rings (SSSR count). The van der Waals surface area contributed by atoms with E-state index in [1.54, 1.807) is 42.5 Å². The van der Waals surface area contributed by atoms with Crippen LogP contribution in [0.3, 0.4) is 0 Å². The van der Waals surface area contributed by atoms with Gasteiger partial charge >= 0.3 is 0 Å². The van der Waals surface area contributed by atoms with E-state index in [9.17, 15) is 0 Å². The van der Waals surface area contributed by atoms with E-state index in [1.165, 1.54) is 35.4 Å². The molecule has 0 fully saturated rings. The molecule has 0 radical (unpaired) electrons. The average molecular weight is 948 g/mol. The van der Waals surface area contributed by atoms with Gasteiger partial charge in [0.2, 0.25) is 0 Å². The Labute approximate surface area is 420 Å². The van der Waals surface area contributed by atoms with Crippen molar-refractivity contribution >= 4 is 17.1 Å². The van der Waals surface area contributed by atoms with Gasteiger partial charge in [0.05, 0.1) is 10.8 Å². The topological polar surface area (TPSA) is 3.24 Å². The molecule has 0 heterocycles. The summed E-state index contributed by atoms with van der Waals surface area (Å²) in [7, 11) is 0. The Bertz CT molecular complexity index is 3910. The van der Waals surface area contributed by atoms with E-state index in [4.69, 9.17) is 0 Å². The molecule has 1 spiro atoms. The van der Waals surface area contributed by atoms with E-state index in [2.05, 4.69) is 157 Å². The maximum absolute atomic E-state index is 17.0. The molecule has 3 aliphatic carbocycles. The van der Waals surface area contributed by atoms with Crippen LogP contribution >= 0.6 is 0 Å². The van der Waals surface area contributed by atoms with Gasteiger partial charge in [-0.3, -0.25) is 0 Å². The normalized spacial score (nSPS) is 13.7. The number of fused-ring (bicyclic) bond motifs is 13. The zero-order valence-electron chi connectivity index (χ0n) is 39.1. The lowest BCUT2D eigenvalue weighted by Crippen LogP contribution is -2.28. The molecule has 0 N–H and O–H groups in total. The maximum Gasteiger partial charge on any atom is 0.131 e. The summed E-state index contributed by atoms with van der Waals surface area (Å²) < 4.78 is 66.4. The fraction of sp³-hybridized carbons (Fsp3) is 0.0294. The molecular weight excluding hydrogens is 907 g/mol. The highest BCUT2D eigenvalue weighted by atomic mass is 19.1. The summed E-state index contributed by atoms with van der Waals surface area (Å²) in [4.78, 5) is 2.25. The quantitative estimate of drug-likeness (QED) is 0.144.